The number of nitrogens with zero attached hydrogens (tertiary/aromatic N) is 6. The average Bonchev–Trinajstić information content (AvgIpc) is 3.00. The monoisotopic (exact) mass is 562 g/mol. The van der Waals surface area contributed by atoms with Crippen LogP contribution in [0.25, 0.3) is 11.3 Å². The molecule has 210 valence electrons. The first-order chi connectivity index (χ1) is 19.5. The van der Waals surface area contributed by atoms with Gasteiger partial charge in [-0.1, -0.05) is 53.6 Å². The van der Waals surface area contributed by atoms with Crippen LogP contribution in [0.5, 0.6) is 0 Å². The van der Waals surface area contributed by atoms with Crippen LogP contribution >= 0.6 is 11.6 Å². The minimum atomic E-state index is -0.227. The Labute approximate surface area is 240 Å². The second-order valence-electron chi connectivity index (χ2n) is 10.2. The molecule has 2 saturated heterocycles. The van der Waals surface area contributed by atoms with Crippen LogP contribution in [-0.2, 0) is 9.53 Å². The first-order valence-electron chi connectivity index (χ1n) is 13.8. The van der Waals surface area contributed by atoms with Crippen molar-refractivity contribution in [2.24, 2.45) is 0 Å². The van der Waals surface area contributed by atoms with Gasteiger partial charge in [-0.3, -0.25) is 14.5 Å². The number of benzene rings is 2. The molecule has 0 radical (unpaired) electrons. The maximum Gasteiger partial charge on any atom is 0.255 e. The molecule has 0 saturated carbocycles. The normalized spacial score (nSPS) is 16.1. The van der Waals surface area contributed by atoms with Crippen molar-refractivity contribution in [3.63, 3.8) is 0 Å². The van der Waals surface area contributed by atoms with E-state index in [0.29, 0.717) is 63.1 Å². The zero-order chi connectivity index (χ0) is 27.9. The average molecular weight is 563 g/mol. The Bertz CT molecular complexity index is 1290. The highest BCUT2D eigenvalue weighted by Gasteiger charge is 2.27. The number of hydrogen-bond acceptors (Lipinski definition) is 7. The number of piperazine rings is 1. The molecule has 9 nitrogen and oxygen atoms in total. The third-order valence-corrected chi connectivity index (χ3v) is 7.79. The molecule has 2 aliphatic heterocycles. The number of aromatic nitrogens is 2. The fraction of sp³-hybridized carbons (Fsp3) is 0.400. The second kappa shape index (κ2) is 13.2. The number of anilines is 1. The number of halogens is 1. The van der Waals surface area contributed by atoms with E-state index in [9.17, 15) is 9.59 Å². The Morgan fingerprint density at radius 2 is 1.62 bits per heavy atom. The Morgan fingerprint density at radius 1 is 0.900 bits per heavy atom. The number of hydrogen-bond donors (Lipinski definition) is 0. The van der Waals surface area contributed by atoms with Crippen LogP contribution in [0.4, 0.5) is 5.82 Å². The van der Waals surface area contributed by atoms with Crippen molar-refractivity contribution in [1.82, 2.24) is 24.9 Å². The Morgan fingerprint density at radius 3 is 2.30 bits per heavy atom. The van der Waals surface area contributed by atoms with E-state index >= 15 is 0 Å². The highest BCUT2D eigenvalue weighted by molar-refractivity contribution is 6.33. The van der Waals surface area contributed by atoms with E-state index in [0.717, 1.165) is 30.2 Å². The van der Waals surface area contributed by atoms with Gasteiger partial charge in [-0.05, 0) is 31.2 Å². The van der Waals surface area contributed by atoms with Crippen molar-refractivity contribution in [3.8, 4) is 11.3 Å². The molecule has 2 amide bonds. The first-order valence-corrected chi connectivity index (χ1v) is 14.1. The molecule has 40 heavy (non-hydrogen) atoms. The van der Waals surface area contributed by atoms with Crippen LogP contribution < -0.4 is 4.90 Å². The third-order valence-electron chi connectivity index (χ3n) is 7.46. The van der Waals surface area contributed by atoms with Crippen molar-refractivity contribution in [2.45, 2.75) is 6.92 Å². The van der Waals surface area contributed by atoms with Gasteiger partial charge in [0.2, 0.25) is 5.91 Å². The van der Waals surface area contributed by atoms with Crippen LogP contribution in [-0.4, -0.2) is 109 Å². The van der Waals surface area contributed by atoms with Gasteiger partial charge < -0.3 is 19.4 Å². The summed E-state index contributed by atoms with van der Waals surface area (Å²) < 4.78 is 5.44. The zero-order valence-corrected chi connectivity index (χ0v) is 23.6. The Kier molecular flexibility index (Phi) is 9.26. The van der Waals surface area contributed by atoms with Gasteiger partial charge in [0.1, 0.15) is 6.54 Å². The lowest BCUT2D eigenvalue weighted by Crippen LogP contribution is -2.53. The number of ether oxygens (including phenoxy) is 1. The highest BCUT2D eigenvalue weighted by Crippen LogP contribution is 2.21. The lowest BCUT2D eigenvalue weighted by molar-refractivity contribution is -0.132. The molecule has 0 N–H and O–H groups in total. The van der Waals surface area contributed by atoms with E-state index in [1.807, 2.05) is 29.2 Å². The van der Waals surface area contributed by atoms with Crippen molar-refractivity contribution in [1.29, 1.82) is 0 Å². The summed E-state index contributed by atoms with van der Waals surface area (Å²) in [5.41, 5.74) is 3.48. The van der Waals surface area contributed by atoms with E-state index < -0.39 is 0 Å². The maximum absolute atomic E-state index is 13.4. The smallest absolute Gasteiger partial charge is 0.255 e. The molecule has 2 aromatic carbocycles. The molecule has 2 fully saturated rings. The number of rotatable bonds is 8. The van der Waals surface area contributed by atoms with E-state index in [1.165, 1.54) is 5.56 Å². The van der Waals surface area contributed by atoms with Gasteiger partial charge in [0.05, 0.1) is 29.5 Å². The number of amides is 2. The van der Waals surface area contributed by atoms with Crippen LogP contribution in [0.2, 0.25) is 5.02 Å². The van der Waals surface area contributed by atoms with E-state index in [2.05, 4.69) is 39.1 Å². The van der Waals surface area contributed by atoms with E-state index in [-0.39, 0.29) is 18.4 Å². The zero-order valence-electron chi connectivity index (χ0n) is 22.8. The minimum absolute atomic E-state index is 0.0133. The number of carbonyl (C=O) groups is 2. The van der Waals surface area contributed by atoms with Crippen LogP contribution in [0.3, 0.4) is 0 Å². The molecule has 0 atom stereocenters. The van der Waals surface area contributed by atoms with Crippen LogP contribution in [0, 0.1) is 6.92 Å². The van der Waals surface area contributed by atoms with Gasteiger partial charge >= 0.3 is 0 Å². The largest absolute Gasteiger partial charge is 0.379 e. The van der Waals surface area contributed by atoms with Gasteiger partial charge in [0.25, 0.3) is 5.91 Å². The van der Waals surface area contributed by atoms with Gasteiger partial charge in [-0.25, -0.2) is 0 Å². The minimum Gasteiger partial charge on any atom is -0.379 e. The predicted octanol–water partition coefficient (Wildman–Crippen LogP) is 3.23. The topological polar surface area (TPSA) is 82.1 Å². The summed E-state index contributed by atoms with van der Waals surface area (Å²) in [6, 6.07) is 19.2. The van der Waals surface area contributed by atoms with Gasteiger partial charge in [-0.15, -0.1) is 10.2 Å². The number of carbonyl (C=O) groups excluding carboxylic acids is 2. The summed E-state index contributed by atoms with van der Waals surface area (Å²) >= 11 is 6.34. The number of aryl methyl sites for hydroxylation is 1. The molecule has 0 bridgehead atoms. The summed E-state index contributed by atoms with van der Waals surface area (Å²) in [5, 5.41) is 9.26. The van der Waals surface area contributed by atoms with Crippen molar-refractivity contribution < 1.29 is 14.3 Å². The molecule has 2 aliphatic rings. The summed E-state index contributed by atoms with van der Waals surface area (Å²) in [7, 11) is 0. The molecule has 3 aromatic rings. The molecule has 1 aromatic heterocycles. The molecule has 0 unspecified atom stereocenters. The van der Waals surface area contributed by atoms with Gasteiger partial charge in [0.15, 0.2) is 5.82 Å². The highest BCUT2D eigenvalue weighted by atomic mass is 35.5. The first kappa shape index (κ1) is 28.0. The molecule has 5 rings (SSSR count). The third kappa shape index (κ3) is 6.96. The SMILES string of the molecule is Cc1ccc(-c2ccc(N3CCN(C(=O)CN(CCN4CCOCC4)C(=O)c4ccccc4Cl)CC3)nn2)cc1. The van der Waals surface area contributed by atoms with Crippen molar-refractivity contribution in [2.75, 3.05) is 77.0 Å². The fourth-order valence-corrected chi connectivity index (χ4v) is 5.18. The summed E-state index contributed by atoms with van der Waals surface area (Å²) in [6.07, 6.45) is 0. The van der Waals surface area contributed by atoms with Crippen LogP contribution in [0.15, 0.2) is 60.7 Å². The molecule has 3 heterocycles. The number of morpholine rings is 1. The van der Waals surface area contributed by atoms with E-state index in [4.69, 9.17) is 16.3 Å². The summed E-state index contributed by atoms with van der Waals surface area (Å²) in [4.78, 5) is 34.7. The van der Waals surface area contributed by atoms with Gasteiger partial charge in [-0.2, -0.15) is 0 Å². The second-order valence-corrected chi connectivity index (χ2v) is 10.6. The quantitative estimate of drug-likeness (QED) is 0.417. The lowest BCUT2D eigenvalue weighted by atomic mass is 10.1. The van der Waals surface area contributed by atoms with Crippen molar-refractivity contribution >= 4 is 29.2 Å². The fourth-order valence-electron chi connectivity index (χ4n) is 4.96. The molecule has 10 heteroatoms. The standard InChI is InChI=1S/C30H35ClN6O3/c1-23-6-8-24(9-7-23)27-10-11-28(33-32-27)35-14-16-36(17-15-35)29(38)22-37(13-12-34-18-20-40-21-19-34)30(39)25-4-2-3-5-26(25)31/h2-11H,12-22H2,1H3. The molecule has 0 aliphatic carbocycles. The van der Waals surface area contributed by atoms with E-state index in [1.54, 1.807) is 29.2 Å². The Balaban J connectivity index is 1.19. The molecular weight excluding hydrogens is 528 g/mol. The van der Waals surface area contributed by atoms with Gasteiger partial charge in [0, 0.05) is 57.9 Å². The predicted molar refractivity (Wildman–Crippen MR) is 156 cm³/mol. The van der Waals surface area contributed by atoms with Crippen molar-refractivity contribution in [3.05, 3.63) is 76.8 Å². The molecular formula is C30H35ClN6O3. The summed E-state index contributed by atoms with van der Waals surface area (Å²) in [6.45, 7) is 8.60. The molecule has 0 spiro atoms. The summed E-state index contributed by atoms with van der Waals surface area (Å²) in [5.74, 6) is 0.501. The Hall–Kier alpha value is -3.53. The lowest BCUT2D eigenvalue weighted by Gasteiger charge is -2.36. The van der Waals surface area contributed by atoms with Crippen LogP contribution in [0.1, 0.15) is 15.9 Å². The maximum atomic E-state index is 13.4.